The molecule has 2 N–H and O–H groups in total. The van der Waals surface area contributed by atoms with Gasteiger partial charge < -0.3 is 10.1 Å². The standard InChI is InChI=1S/C21H24N4O2/c1-15-2-3-19-17(12-15)18(13-23-19)20(21(26)27)25-10-8-24(9-11-25)14-16-4-6-22-7-5-16/h2-7,12-13,20,23H,8-11,14H2,1H3,(H,26,27). The van der Waals surface area contributed by atoms with E-state index >= 15 is 0 Å². The maximum Gasteiger partial charge on any atom is 0.325 e. The number of piperazine rings is 1. The van der Waals surface area contributed by atoms with E-state index in [-0.39, 0.29) is 0 Å². The predicted molar refractivity (Wildman–Crippen MR) is 104 cm³/mol. The zero-order chi connectivity index (χ0) is 18.8. The van der Waals surface area contributed by atoms with Crippen molar-refractivity contribution in [2.24, 2.45) is 0 Å². The molecule has 1 aliphatic heterocycles. The molecule has 6 nitrogen and oxygen atoms in total. The number of aromatic nitrogens is 2. The topological polar surface area (TPSA) is 72.5 Å². The molecular weight excluding hydrogens is 340 g/mol. The zero-order valence-corrected chi connectivity index (χ0v) is 15.4. The number of carboxylic acids is 1. The Morgan fingerprint density at radius 2 is 1.93 bits per heavy atom. The second-order valence-electron chi connectivity index (χ2n) is 7.20. The van der Waals surface area contributed by atoms with Crippen molar-refractivity contribution in [1.82, 2.24) is 19.8 Å². The van der Waals surface area contributed by atoms with Crippen molar-refractivity contribution in [1.29, 1.82) is 0 Å². The van der Waals surface area contributed by atoms with Crippen molar-refractivity contribution in [3.63, 3.8) is 0 Å². The smallest absolute Gasteiger partial charge is 0.325 e. The molecule has 27 heavy (non-hydrogen) atoms. The van der Waals surface area contributed by atoms with Gasteiger partial charge in [0.15, 0.2) is 0 Å². The van der Waals surface area contributed by atoms with Gasteiger partial charge in [0, 0.05) is 67.8 Å². The molecule has 4 rings (SSSR count). The van der Waals surface area contributed by atoms with Gasteiger partial charge in [-0.1, -0.05) is 11.6 Å². The first kappa shape index (κ1) is 17.7. The highest BCUT2D eigenvalue weighted by Gasteiger charge is 2.32. The lowest BCUT2D eigenvalue weighted by Crippen LogP contribution is -2.48. The minimum absolute atomic E-state index is 0.622. The lowest BCUT2D eigenvalue weighted by atomic mass is 10.0. The summed E-state index contributed by atoms with van der Waals surface area (Å²) in [5.74, 6) is -0.792. The molecule has 2 aromatic heterocycles. The van der Waals surface area contributed by atoms with E-state index < -0.39 is 12.0 Å². The van der Waals surface area contributed by atoms with Gasteiger partial charge in [-0.15, -0.1) is 0 Å². The van der Waals surface area contributed by atoms with Crippen LogP contribution in [0, 0.1) is 6.92 Å². The highest BCUT2D eigenvalue weighted by molar-refractivity contribution is 5.89. The quantitative estimate of drug-likeness (QED) is 0.728. The molecule has 140 valence electrons. The zero-order valence-electron chi connectivity index (χ0n) is 15.4. The molecule has 1 fully saturated rings. The fourth-order valence-corrected chi connectivity index (χ4v) is 3.89. The lowest BCUT2D eigenvalue weighted by Gasteiger charge is -2.37. The Morgan fingerprint density at radius 3 is 2.63 bits per heavy atom. The number of benzene rings is 1. The van der Waals surface area contributed by atoms with Crippen LogP contribution in [-0.2, 0) is 11.3 Å². The van der Waals surface area contributed by atoms with E-state index in [4.69, 9.17) is 0 Å². The average Bonchev–Trinajstić information content (AvgIpc) is 3.07. The number of carboxylic acid groups (broad SMARTS) is 1. The number of hydrogen-bond acceptors (Lipinski definition) is 4. The van der Waals surface area contributed by atoms with Gasteiger partial charge in [0.2, 0.25) is 0 Å². The van der Waals surface area contributed by atoms with Gasteiger partial charge in [-0.3, -0.25) is 19.6 Å². The third-order valence-electron chi connectivity index (χ3n) is 5.33. The molecule has 1 unspecified atom stereocenters. The molecule has 3 heterocycles. The van der Waals surface area contributed by atoms with Gasteiger partial charge in [0.1, 0.15) is 6.04 Å². The SMILES string of the molecule is Cc1ccc2[nH]cc(C(C(=O)O)N3CCN(Cc4ccncc4)CC3)c2c1. The summed E-state index contributed by atoms with van der Waals surface area (Å²) in [6.07, 6.45) is 5.47. The summed E-state index contributed by atoms with van der Waals surface area (Å²) in [6.45, 7) is 6.09. The second kappa shape index (κ2) is 7.50. The fourth-order valence-electron chi connectivity index (χ4n) is 3.89. The minimum atomic E-state index is -0.792. The van der Waals surface area contributed by atoms with Crippen molar-refractivity contribution in [3.8, 4) is 0 Å². The van der Waals surface area contributed by atoms with Crippen LogP contribution in [0.1, 0.15) is 22.7 Å². The third-order valence-corrected chi connectivity index (χ3v) is 5.33. The van der Waals surface area contributed by atoms with Crippen LogP contribution in [-0.4, -0.2) is 57.0 Å². The number of fused-ring (bicyclic) bond motifs is 1. The summed E-state index contributed by atoms with van der Waals surface area (Å²) >= 11 is 0. The molecule has 0 aliphatic carbocycles. The number of H-pyrrole nitrogens is 1. The van der Waals surface area contributed by atoms with E-state index in [1.54, 1.807) is 0 Å². The Kier molecular flexibility index (Phi) is 4.92. The van der Waals surface area contributed by atoms with Crippen LogP contribution in [0.5, 0.6) is 0 Å². The van der Waals surface area contributed by atoms with Crippen LogP contribution in [0.4, 0.5) is 0 Å². The van der Waals surface area contributed by atoms with Crippen molar-refractivity contribution < 1.29 is 9.90 Å². The molecule has 0 amide bonds. The molecule has 0 saturated carbocycles. The Balaban J connectivity index is 1.50. The van der Waals surface area contributed by atoms with Gasteiger partial charge in [0.25, 0.3) is 0 Å². The van der Waals surface area contributed by atoms with Crippen LogP contribution in [0.15, 0.2) is 48.9 Å². The monoisotopic (exact) mass is 364 g/mol. The first-order valence-corrected chi connectivity index (χ1v) is 9.27. The Hall–Kier alpha value is -2.70. The first-order valence-electron chi connectivity index (χ1n) is 9.27. The first-order chi connectivity index (χ1) is 13.1. The van der Waals surface area contributed by atoms with Crippen LogP contribution < -0.4 is 0 Å². The lowest BCUT2D eigenvalue weighted by molar-refractivity contribution is -0.144. The normalized spacial score (nSPS) is 17.2. The van der Waals surface area contributed by atoms with Crippen LogP contribution >= 0.6 is 0 Å². The second-order valence-corrected chi connectivity index (χ2v) is 7.20. The van der Waals surface area contributed by atoms with Gasteiger partial charge >= 0.3 is 5.97 Å². The third kappa shape index (κ3) is 3.72. The highest BCUT2D eigenvalue weighted by atomic mass is 16.4. The summed E-state index contributed by atoms with van der Waals surface area (Å²) in [4.78, 5) is 23.8. The van der Waals surface area contributed by atoms with Crippen molar-refractivity contribution >= 4 is 16.9 Å². The van der Waals surface area contributed by atoms with E-state index in [2.05, 4.69) is 25.8 Å². The minimum Gasteiger partial charge on any atom is -0.480 e. The van der Waals surface area contributed by atoms with E-state index in [1.165, 1.54) is 5.56 Å². The van der Waals surface area contributed by atoms with E-state index in [0.717, 1.165) is 54.8 Å². The summed E-state index contributed by atoms with van der Waals surface area (Å²) in [7, 11) is 0. The molecule has 3 aromatic rings. The van der Waals surface area contributed by atoms with Gasteiger partial charge in [-0.2, -0.15) is 0 Å². The number of nitrogens with one attached hydrogen (secondary N) is 1. The summed E-state index contributed by atoms with van der Waals surface area (Å²) in [5.41, 5.74) is 4.21. The largest absolute Gasteiger partial charge is 0.480 e. The number of pyridine rings is 1. The van der Waals surface area contributed by atoms with Crippen molar-refractivity contribution in [2.75, 3.05) is 26.2 Å². The Morgan fingerprint density at radius 1 is 1.19 bits per heavy atom. The molecule has 1 atom stereocenters. The number of nitrogens with zero attached hydrogens (tertiary/aromatic N) is 3. The number of aryl methyl sites for hydroxylation is 1. The summed E-state index contributed by atoms with van der Waals surface area (Å²) in [5, 5.41) is 11.0. The number of carbonyl (C=O) groups is 1. The van der Waals surface area contributed by atoms with Crippen molar-refractivity contribution in [3.05, 3.63) is 65.6 Å². The summed E-state index contributed by atoms with van der Waals surface area (Å²) < 4.78 is 0. The Bertz CT molecular complexity index is 930. The number of rotatable bonds is 5. The highest BCUT2D eigenvalue weighted by Crippen LogP contribution is 2.30. The molecule has 1 saturated heterocycles. The number of aliphatic carboxylic acids is 1. The van der Waals surface area contributed by atoms with Crippen LogP contribution in [0.3, 0.4) is 0 Å². The summed E-state index contributed by atoms with van der Waals surface area (Å²) in [6, 6.07) is 9.55. The maximum absolute atomic E-state index is 12.1. The molecule has 6 heteroatoms. The van der Waals surface area contributed by atoms with E-state index in [9.17, 15) is 9.90 Å². The molecular formula is C21H24N4O2. The van der Waals surface area contributed by atoms with Gasteiger partial charge in [-0.05, 0) is 36.8 Å². The molecule has 1 aliphatic rings. The van der Waals surface area contributed by atoms with Crippen LogP contribution in [0.2, 0.25) is 0 Å². The molecule has 1 aromatic carbocycles. The van der Waals surface area contributed by atoms with Gasteiger partial charge in [0.05, 0.1) is 0 Å². The Labute approximate surface area is 158 Å². The average molecular weight is 364 g/mol. The van der Waals surface area contributed by atoms with E-state index in [1.807, 2.05) is 49.8 Å². The van der Waals surface area contributed by atoms with E-state index in [0.29, 0.717) is 0 Å². The molecule has 0 radical (unpaired) electrons. The van der Waals surface area contributed by atoms with Crippen LogP contribution in [0.25, 0.3) is 10.9 Å². The maximum atomic E-state index is 12.1. The number of aromatic amines is 1. The number of hydrogen-bond donors (Lipinski definition) is 2. The van der Waals surface area contributed by atoms with Crippen molar-refractivity contribution in [2.45, 2.75) is 19.5 Å². The predicted octanol–water partition coefficient (Wildman–Crippen LogP) is 2.81. The molecule has 0 bridgehead atoms. The van der Waals surface area contributed by atoms with Gasteiger partial charge in [-0.25, -0.2) is 0 Å². The fraction of sp³-hybridized carbons (Fsp3) is 0.333. The molecule has 0 spiro atoms.